The molecule has 0 saturated carbocycles. The van der Waals surface area contributed by atoms with Gasteiger partial charge >= 0.3 is 11.9 Å². The van der Waals surface area contributed by atoms with Crippen LogP contribution in [0.15, 0.2) is 60.7 Å². The molecule has 2 atom stereocenters. The molecule has 0 aliphatic rings. The highest BCUT2D eigenvalue weighted by molar-refractivity contribution is 5.87. The molecule has 154 valence electrons. The summed E-state index contributed by atoms with van der Waals surface area (Å²) in [6.45, 7) is 7.45. The molecule has 6 nitrogen and oxygen atoms in total. The average molecular weight is 390 g/mol. The van der Waals surface area contributed by atoms with E-state index in [9.17, 15) is 19.8 Å². The van der Waals surface area contributed by atoms with Gasteiger partial charge in [-0.3, -0.25) is 0 Å². The van der Waals surface area contributed by atoms with E-state index in [0.717, 1.165) is 0 Å². The summed E-state index contributed by atoms with van der Waals surface area (Å²) in [5, 5.41) is 35.2. The number of hydrogen-bond acceptors (Lipinski definition) is 4. The number of rotatable bonds is 5. The molecule has 2 aromatic rings. The maximum absolute atomic E-state index is 10.2. The lowest BCUT2D eigenvalue weighted by Crippen LogP contribution is -2.31. The number of carbonyl (C=O) groups is 2. The SMILES string of the molecule is CC(C)C(C(C)O)C(C)O.O=C(O)c1ccccc1.O=C(O)c1ccccc1. The quantitative estimate of drug-likeness (QED) is 0.617. The van der Waals surface area contributed by atoms with Crippen LogP contribution >= 0.6 is 0 Å². The van der Waals surface area contributed by atoms with Crippen molar-refractivity contribution in [2.75, 3.05) is 0 Å². The number of carboxylic acids is 2. The summed E-state index contributed by atoms with van der Waals surface area (Å²) in [4.78, 5) is 20.4. The molecule has 0 aliphatic heterocycles. The Labute approximate surface area is 166 Å². The van der Waals surface area contributed by atoms with E-state index in [1.807, 2.05) is 13.8 Å². The second-order valence-corrected chi connectivity index (χ2v) is 6.64. The molecule has 0 aliphatic carbocycles. The predicted molar refractivity (Wildman–Crippen MR) is 108 cm³/mol. The minimum atomic E-state index is -0.879. The number of aliphatic hydroxyl groups excluding tert-OH is 2. The molecule has 0 spiro atoms. The topological polar surface area (TPSA) is 115 Å². The Morgan fingerprint density at radius 1 is 0.643 bits per heavy atom. The zero-order chi connectivity index (χ0) is 21.7. The molecule has 4 N–H and O–H groups in total. The third-order valence-electron chi connectivity index (χ3n) is 3.93. The van der Waals surface area contributed by atoms with Crippen molar-refractivity contribution in [1.82, 2.24) is 0 Å². The molecule has 2 aromatic carbocycles. The maximum atomic E-state index is 10.2. The van der Waals surface area contributed by atoms with Crippen LogP contribution in [0.3, 0.4) is 0 Å². The van der Waals surface area contributed by atoms with Crippen molar-refractivity contribution in [3.05, 3.63) is 71.8 Å². The van der Waals surface area contributed by atoms with E-state index in [-0.39, 0.29) is 5.92 Å². The van der Waals surface area contributed by atoms with Gasteiger partial charge < -0.3 is 20.4 Å². The lowest BCUT2D eigenvalue weighted by Gasteiger charge is -2.26. The van der Waals surface area contributed by atoms with Crippen LogP contribution in [-0.2, 0) is 0 Å². The Morgan fingerprint density at radius 2 is 0.929 bits per heavy atom. The summed E-state index contributed by atoms with van der Waals surface area (Å²) in [6.07, 6.45) is -0.833. The van der Waals surface area contributed by atoms with Crippen LogP contribution < -0.4 is 0 Å². The molecule has 0 fully saturated rings. The van der Waals surface area contributed by atoms with Crippen molar-refractivity contribution < 1.29 is 30.0 Å². The van der Waals surface area contributed by atoms with Crippen molar-refractivity contribution in [1.29, 1.82) is 0 Å². The van der Waals surface area contributed by atoms with Crippen LogP contribution in [0.5, 0.6) is 0 Å². The van der Waals surface area contributed by atoms with E-state index in [0.29, 0.717) is 17.0 Å². The molecule has 0 saturated heterocycles. The number of aromatic carboxylic acids is 2. The Balaban J connectivity index is 0.000000391. The number of aliphatic hydroxyl groups is 2. The molecule has 28 heavy (non-hydrogen) atoms. The Bertz CT molecular complexity index is 612. The highest BCUT2D eigenvalue weighted by atomic mass is 16.4. The highest BCUT2D eigenvalue weighted by Gasteiger charge is 2.23. The van der Waals surface area contributed by atoms with Gasteiger partial charge in [-0.05, 0) is 44.0 Å². The molecular weight excluding hydrogens is 360 g/mol. The third kappa shape index (κ3) is 10.4. The van der Waals surface area contributed by atoms with Gasteiger partial charge in [0.2, 0.25) is 0 Å². The fourth-order valence-corrected chi connectivity index (χ4v) is 2.68. The van der Waals surface area contributed by atoms with Gasteiger partial charge in [0.15, 0.2) is 0 Å². The minimum Gasteiger partial charge on any atom is -0.478 e. The van der Waals surface area contributed by atoms with Gasteiger partial charge in [-0.2, -0.15) is 0 Å². The van der Waals surface area contributed by atoms with Gasteiger partial charge in [0.05, 0.1) is 23.3 Å². The lowest BCUT2D eigenvalue weighted by molar-refractivity contribution is 0.00693. The van der Waals surface area contributed by atoms with Crippen LogP contribution in [0.2, 0.25) is 0 Å². The van der Waals surface area contributed by atoms with Gasteiger partial charge in [0.25, 0.3) is 0 Å². The van der Waals surface area contributed by atoms with Gasteiger partial charge in [-0.15, -0.1) is 0 Å². The van der Waals surface area contributed by atoms with E-state index in [4.69, 9.17) is 10.2 Å². The summed E-state index contributed by atoms with van der Waals surface area (Å²) >= 11 is 0. The summed E-state index contributed by atoms with van der Waals surface area (Å²) in [5.41, 5.74) is 0.662. The van der Waals surface area contributed by atoms with Crippen LogP contribution in [0.1, 0.15) is 48.4 Å². The number of hydrogen-bond donors (Lipinski definition) is 4. The zero-order valence-corrected chi connectivity index (χ0v) is 16.7. The summed E-state index contributed by atoms with van der Waals surface area (Å²) in [6, 6.07) is 16.6. The lowest BCUT2D eigenvalue weighted by atomic mass is 9.87. The minimum absolute atomic E-state index is 0.000000000000000222. The van der Waals surface area contributed by atoms with Crippen molar-refractivity contribution in [3.63, 3.8) is 0 Å². The van der Waals surface area contributed by atoms with E-state index >= 15 is 0 Å². The summed E-state index contributed by atoms with van der Waals surface area (Å²) < 4.78 is 0. The van der Waals surface area contributed by atoms with Crippen LogP contribution in [0, 0.1) is 11.8 Å². The van der Waals surface area contributed by atoms with Crippen molar-refractivity contribution >= 4 is 11.9 Å². The third-order valence-corrected chi connectivity index (χ3v) is 3.93. The van der Waals surface area contributed by atoms with E-state index in [1.165, 1.54) is 0 Å². The van der Waals surface area contributed by atoms with Crippen molar-refractivity contribution in [2.45, 2.75) is 39.9 Å². The predicted octanol–water partition coefficient (Wildman–Crippen LogP) is 3.79. The normalized spacial score (nSPS) is 13.1. The molecule has 0 radical (unpaired) electrons. The number of carboxylic acid groups (broad SMARTS) is 2. The molecule has 0 amide bonds. The van der Waals surface area contributed by atoms with Crippen molar-refractivity contribution in [3.8, 4) is 0 Å². The second-order valence-electron chi connectivity index (χ2n) is 6.64. The van der Waals surface area contributed by atoms with Gasteiger partial charge in [-0.1, -0.05) is 50.2 Å². The van der Waals surface area contributed by atoms with E-state index in [2.05, 4.69) is 0 Å². The van der Waals surface area contributed by atoms with Gasteiger partial charge in [0, 0.05) is 5.92 Å². The fourth-order valence-electron chi connectivity index (χ4n) is 2.68. The van der Waals surface area contributed by atoms with Crippen LogP contribution in [0.25, 0.3) is 0 Å². The van der Waals surface area contributed by atoms with Crippen LogP contribution in [-0.4, -0.2) is 44.6 Å². The van der Waals surface area contributed by atoms with Crippen LogP contribution in [0.4, 0.5) is 0 Å². The van der Waals surface area contributed by atoms with E-state index < -0.39 is 24.1 Å². The summed E-state index contributed by atoms with van der Waals surface area (Å²) in [5.74, 6) is -1.42. The highest BCUT2D eigenvalue weighted by Crippen LogP contribution is 2.19. The molecule has 2 rings (SSSR count). The van der Waals surface area contributed by atoms with Gasteiger partial charge in [-0.25, -0.2) is 9.59 Å². The monoisotopic (exact) mass is 390 g/mol. The van der Waals surface area contributed by atoms with Crippen molar-refractivity contribution in [2.24, 2.45) is 11.8 Å². The second kappa shape index (κ2) is 13.5. The standard InChI is InChI=1S/C8H18O2.2C7H6O2/c1-5(2)8(6(3)9)7(4)10;2*8-7(9)6-4-2-1-3-5-6/h5-10H,1-4H3;2*1-5H,(H,8,9). The smallest absolute Gasteiger partial charge is 0.335 e. The first kappa shape index (κ1) is 25.3. The zero-order valence-electron chi connectivity index (χ0n) is 16.7. The Kier molecular flexibility index (Phi) is 12.2. The maximum Gasteiger partial charge on any atom is 0.335 e. The first-order valence-electron chi connectivity index (χ1n) is 9.00. The summed E-state index contributed by atoms with van der Waals surface area (Å²) in [7, 11) is 0. The molecule has 0 heterocycles. The molecule has 6 heteroatoms. The largest absolute Gasteiger partial charge is 0.478 e. The first-order valence-corrected chi connectivity index (χ1v) is 9.00. The average Bonchev–Trinajstić information content (AvgIpc) is 2.63. The first-order chi connectivity index (χ1) is 13.1. The molecular formula is C22H30O6. The van der Waals surface area contributed by atoms with Gasteiger partial charge in [0.1, 0.15) is 0 Å². The molecule has 2 unspecified atom stereocenters. The van der Waals surface area contributed by atoms with E-state index in [1.54, 1.807) is 74.5 Å². The Morgan fingerprint density at radius 3 is 1.04 bits per heavy atom. The number of benzene rings is 2. The fraction of sp³-hybridized carbons (Fsp3) is 0.364. The molecule has 0 aromatic heterocycles. The Hall–Kier alpha value is -2.70. The molecule has 0 bridgehead atoms.